The summed E-state index contributed by atoms with van der Waals surface area (Å²) in [7, 11) is 0. The second kappa shape index (κ2) is 5.47. The van der Waals surface area contributed by atoms with Crippen LogP contribution in [0.15, 0.2) is 12.1 Å². The van der Waals surface area contributed by atoms with E-state index in [1.807, 2.05) is 6.92 Å². The predicted octanol–water partition coefficient (Wildman–Crippen LogP) is 2.88. The molecule has 1 aliphatic carbocycles. The molecule has 4 nitrogen and oxygen atoms in total. The molecule has 0 atom stereocenters. The number of rotatable bonds is 4. The highest BCUT2D eigenvalue weighted by molar-refractivity contribution is 5.91. The zero-order chi connectivity index (χ0) is 14.0. The minimum absolute atomic E-state index is 0.326. The van der Waals surface area contributed by atoms with Crippen molar-refractivity contribution < 1.29 is 14.3 Å². The second-order valence-electron chi connectivity index (χ2n) is 4.92. The first-order valence-corrected chi connectivity index (χ1v) is 6.63. The van der Waals surface area contributed by atoms with Crippen molar-refractivity contribution in [2.75, 3.05) is 17.2 Å². The number of nitrogens with two attached hydrogens (primary N) is 1. The van der Waals surface area contributed by atoms with E-state index in [1.165, 1.54) is 25.0 Å². The lowest BCUT2D eigenvalue weighted by molar-refractivity contribution is 0.0692. The molecule has 0 amide bonds. The Morgan fingerprint density at radius 1 is 1.47 bits per heavy atom. The third-order valence-corrected chi connectivity index (χ3v) is 3.76. The van der Waals surface area contributed by atoms with Gasteiger partial charge in [-0.1, -0.05) is 12.8 Å². The van der Waals surface area contributed by atoms with Crippen molar-refractivity contribution in [3.63, 3.8) is 0 Å². The van der Waals surface area contributed by atoms with E-state index < -0.39 is 11.8 Å². The van der Waals surface area contributed by atoms with Gasteiger partial charge in [0.15, 0.2) is 0 Å². The van der Waals surface area contributed by atoms with E-state index in [0.29, 0.717) is 17.4 Å². The van der Waals surface area contributed by atoms with Gasteiger partial charge in [-0.3, -0.25) is 0 Å². The summed E-state index contributed by atoms with van der Waals surface area (Å²) < 4.78 is 13.8. The van der Waals surface area contributed by atoms with Gasteiger partial charge in [0.2, 0.25) is 0 Å². The topological polar surface area (TPSA) is 66.6 Å². The Morgan fingerprint density at radius 2 is 2.11 bits per heavy atom. The molecule has 3 N–H and O–H groups in total. The maximum atomic E-state index is 13.8. The fraction of sp³-hybridized carbons (Fsp3) is 0.500. The maximum Gasteiger partial charge on any atom is 0.338 e. The highest BCUT2D eigenvalue weighted by atomic mass is 19.1. The van der Waals surface area contributed by atoms with E-state index in [9.17, 15) is 9.18 Å². The number of carboxylic acid groups (broad SMARTS) is 1. The number of benzene rings is 1. The number of anilines is 2. The molecule has 0 aliphatic heterocycles. The molecule has 1 aliphatic rings. The molecule has 104 valence electrons. The van der Waals surface area contributed by atoms with Gasteiger partial charge in [-0.05, 0) is 25.8 Å². The summed E-state index contributed by atoms with van der Waals surface area (Å²) in [5, 5.41) is 8.88. The van der Waals surface area contributed by atoms with Crippen LogP contribution in [0, 0.1) is 5.82 Å². The van der Waals surface area contributed by atoms with Gasteiger partial charge in [0.1, 0.15) is 5.82 Å². The third kappa shape index (κ3) is 2.64. The van der Waals surface area contributed by atoms with Crippen LogP contribution in [0.25, 0.3) is 0 Å². The van der Waals surface area contributed by atoms with Crippen LogP contribution in [-0.2, 0) is 0 Å². The standard InChI is InChI=1S/C14H19FN2O2/c1-2-17(9-5-3-4-6-9)13-8-11(15)10(14(18)19)7-12(13)16/h7-9H,2-6,16H2,1H3,(H,18,19). The average Bonchev–Trinajstić information content (AvgIpc) is 2.87. The first kappa shape index (κ1) is 13.6. The predicted molar refractivity (Wildman–Crippen MR) is 73.0 cm³/mol. The summed E-state index contributed by atoms with van der Waals surface area (Å²) >= 11 is 0. The number of nitrogens with zero attached hydrogens (tertiary/aromatic N) is 1. The van der Waals surface area contributed by atoms with E-state index >= 15 is 0 Å². The van der Waals surface area contributed by atoms with Gasteiger partial charge >= 0.3 is 5.97 Å². The second-order valence-corrected chi connectivity index (χ2v) is 4.92. The summed E-state index contributed by atoms with van der Waals surface area (Å²) in [6, 6.07) is 2.84. The molecule has 0 spiro atoms. The van der Waals surface area contributed by atoms with Crippen molar-refractivity contribution in [2.45, 2.75) is 38.6 Å². The molecular formula is C14H19FN2O2. The SMILES string of the molecule is CCN(c1cc(F)c(C(=O)O)cc1N)C1CCCC1. The van der Waals surface area contributed by atoms with Crippen molar-refractivity contribution >= 4 is 17.3 Å². The van der Waals surface area contributed by atoms with Gasteiger partial charge in [0.05, 0.1) is 16.9 Å². The van der Waals surface area contributed by atoms with Crippen molar-refractivity contribution in [3.8, 4) is 0 Å². The van der Waals surface area contributed by atoms with Crippen LogP contribution in [0.4, 0.5) is 15.8 Å². The average molecular weight is 266 g/mol. The Balaban J connectivity index is 2.37. The monoisotopic (exact) mass is 266 g/mol. The summed E-state index contributed by atoms with van der Waals surface area (Å²) in [5.74, 6) is -2.02. The zero-order valence-electron chi connectivity index (χ0n) is 11.0. The number of aromatic carboxylic acids is 1. The van der Waals surface area contributed by atoms with Crippen LogP contribution >= 0.6 is 0 Å². The van der Waals surface area contributed by atoms with E-state index in [-0.39, 0.29) is 5.56 Å². The molecule has 0 heterocycles. The number of halogens is 1. The summed E-state index contributed by atoms with van der Waals surface area (Å²) in [6.07, 6.45) is 4.51. The maximum absolute atomic E-state index is 13.8. The van der Waals surface area contributed by atoms with E-state index in [4.69, 9.17) is 10.8 Å². The first-order chi connectivity index (χ1) is 9.04. The lowest BCUT2D eigenvalue weighted by Gasteiger charge is -2.31. The Bertz CT molecular complexity index is 485. The Kier molecular flexibility index (Phi) is 3.93. The molecule has 1 aromatic carbocycles. The largest absolute Gasteiger partial charge is 0.478 e. The van der Waals surface area contributed by atoms with Crippen molar-refractivity contribution in [1.29, 1.82) is 0 Å². The summed E-state index contributed by atoms with van der Waals surface area (Å²) in [4.78, 5) is 13.0. The zero-order valence-corrected chi connectivity index (χ0v) is 11.0. The normalized spacial score (nSPS) is 15.7. The van der Waals surface area contributed by atoms with Gasteiger partial charge in [-0.2, -0.15) is 0 Å². The number of hydrogen-bond acceptors (Lipinski definition) is 3. The van der Waals surface area contributed by atoms with E-state index in [1.54, 1.807) is 0 Å². The Morgan fingerprint density at radius 3 is 2.63 bits per heavy atom. The number of hydrogen-bond donors (Lipinski definition) is 2. The van der Waals surface area contributed by atoms with Crippen molar-refractivity contribution in [3.05, 3.63) is 23.5 Å². The molecule has 0 bridgehead atoms. The molecule has 1 fully saturated rings. The van der Waals surface area contributed by atoms with Crippen LogP contribution in [-0.4, -0.2) is 23.7 Å². The molecular weight excluding hydrogens is 247 g/mol. The Hall–Kier alpha value is -1.78. The van der Waals surface area contributed by atoms with Gasteiger partial charge in [0.25, 0.3) is 0 Å². The lowest BCUT2D eigenvalue weighted by atomic mass is 10.1. The van der Waals surface area contributed by atoms with Crippen LogP contribution in [0.2, 0.25) is 0 Å². The first-order valence-electron chi connectivity index (χ1n) is 6.63. The molecule has 0 unspecified atom stereocenters. The molecule has 0 saturated heterocycles. The van der Waals surface area contributed by atoms with E-state index in [0.717, 1.165) is 19.4 Å². The minimum atomic E-state index is -1.29. The molecule has 0 aromatic heterocycles. The quantitative estimate of drug-likeness (QED) is 0.822. The van der Waals surface area contributed by atoms with Crippen LogP contribution in [0.1, 0.15) is 43.0 Å². The van der Waals surface area contributed by atoms with Crippen molar-refractivity contribution in [2.24, 2.45) is 0 Å². The van der Waals surface area contributed by atoms with Gasteiger partial charge in [0, 0.05) is 18.7 Å². The molecule has 5 heteroatoms. The van der Waals surface area contributed by atoms with Crippen LogP contribution in [0.3, 0.4) is 0 Å². The van der Waals surface area contributed by atoms with Gasteiger partial charge in [-0.15, -0.1) is 0 Å². The fourth-order valence-corrected chi connectivity index (χ4v) is 2.83. The molecule has 0 radical (unpaired) electrons. The smallest absolute Gasteiger partial charge is 0.338 e. The minimum Gasteiger partial charge on any atom is -0.478 e. The summed E-state index contributed by atoms with van der Waals surface area (Å²) in [6.45, 7) is 2.74. The molecule has 1 saturated carbocycles. The third-order valence-electron chi connectivity index (χ3n) is 3.76. The number of nitrogen functional groups attached to an aromatic ring is 1. The van der Waals surface area contributed by atoms with Crippen LogP contribution in [0.5, 0.6) is 0 Å². The Labute approximate surface area is 112 Å². The highest BCUT2D eigenvalue weighted by Gasteiger charge is 2.24. The van der Waals surface area contributed by atoms with Crippen molar-refractivity contribution in [1.82, 2.24) is 0 Å². The van der Waals surface area contributed by atoms with Crippen LogP contribution < -0.4 is 10.6 Å². The number of carboxylic acids is 1. The molecule has 19 heavy (non-hydrogen) atoms. The highest BCUT2D eigenvalue weighted by Crippen LogP contribution is 2.33. The summed E-state index contributed by atoms with van der Waals surface area (Å²) in [5.41, 5.74) is 6.46. The molecule has 2 rings (SSSR count). The van der Waals surface area contributed by atoms with Gasteiger partial charge in [-0.25, -0.2) is 9.18 Å². The van der Waals surface area contributed by atoms with Gasteiger partial charge < -0.3 is 15.7 Å². The van der Waals surface area contributed by atoms with E-state index in [2.05, 4.69) is 4.90 Å². The number of carbonyl (C=O) groups is 1. The fourth-order valence-electron chi connectivity index (χ4n) is 2.83. The lowest BCUT2D eigenvalue weighted by Crippen LogP contribution is -2.33. The molecule has 1 aromatic rings.